The largest absolute Gasteiger partial charge is 0.338 e. The van der Waals surface area contributed by atoms with Gasteiger partial charge in [-0.2, -0.15) is 0 Å². The zero-order valence-electron chi connectivity index (χ0n) is 12.3. The zero-order chi connectivity index (χ0) is 15.4. The number of nitrogens with one attached hydrogen (secondary N) is 1. The van der Waals surface area contributed by atoms with Crippen molar-refractivity contribution in [1.29, 1.82) is 0 Å². The summed E-state index contributed by atoms with van der Waals surface area (Å²) in [6.07, 6.45) is 0. The summed E-state index contributed by atoms with van der Waals surface area (Å²) >= 11 is 0. The molecule has 1 aromatic carbocycles. The maximum absolute atomic E-state index is 12.2. The highest BCUT2D eigenvalue weighted by Crippen LogP contribution is 2.19. The van der Waals surface area contributed by atoms with Crippen LogP contribution in [0.3, 0.4) is 0 Å². The third-order valence-electron chi connectivity index (χ3n) is 3.21. The number of aromatic nitrogens is 1. The Bertz CT molecular complexity index is 736. The zero-order valence-corrected chi connectivity index (χ0v) is 12.3. The first-order valence-electron chi connectivity index (χ1n) is 6.56. The number of nitrogens with zero attached hydrogens (tertiary/aromatic N) is 1. The van der Waals surface area contributed by atoms with Gasteiger partial charge in [0.1, 0.15) is 0 Å². The Morgan fingerprint density at radius 3 is 2.76 bits per heavy atom. The predicted octanol–water partition coefficient (Wildman–Crippen LogP) is 2.16. The molecule has 5 nitrogen and oxygen atoms in total. The van der Waals surface area contributed by atoms with Crippen molar-refractivity contribution in [1.82, 2.24) is 5.16 Å². The number of nitrogens with two attached hydrogens (primary N) is 1. The van der Waals surface area contributed by atoms with E-state index in [1.165, 1.54) is 0 Å². The second-order valence-electron chi connectivity index (χ2n) is 4.71. The highest BCUT2D eigenvalue weighted by Gasteiger charge is 2.13. The molecule has 0 spiro atoms. The molecule has 2 rings (SSSR count). The third kappa shape index (κ3) is 3.30. The first kappa shape index (κ1) is 14.8. The maximum atomic E-state index is 12.2. The smallest absolute Gasteiger partial charge is 0.258 e. The fraction of sp³-hybridized carbons (Fsp3) is 0.250. The van der Waals surface area contributed by atoms with E-state index in [9.17, 15) is 4.79 Å². The molecule has 0 radical (unpaired) electrons. The normalized spacial score (nSPS) is 9.90. The van der Waals surface area contributed by atoms with E-state index in [2.05, 4.69) is 22.3 Å². The lowest BCUT2D eigenvalue weighted by atomic mass is 10.0. The molecule has 0 saturated heterocycles. The molecule has 5 heteroatoms. The second kappa shape index (κ2) is 6.25. The number of benzene rings is 1. The van der Waals surface area contributed by atoms with E-state index in [0.717, 1.165) is 22.4 Å². The van der Waals surface area contributed by atoms with Gasteiger partial charge in [0.15, 0.2) is 0 Å². The molecular weight excluding hydrogens is 266 g/mol. The lowest BCUT2D eigenvalue weighted by Crippen LogP contribution is -2.12. The van der Waals surface area contributed by atoms with Crippen molar-refractivity contribution in [3.63, 3.8) is 0 Å². The molecule has 1 aromatic heterocycles. The van der Waals surface area contributed by atoms with E-state index in [1.807, 2.05) is 26.8 Å². The molecular formula is C16H17N3O2. The van der Waals surface area contributed by atoms with Gasteiger partial charge in [-0.05, 0) is 38.5 Å². The Balaban J connectivity index is 2.25. The fourth-order valence-electron chi connectivity index (χ4n) is 1.75. The SMILES string of the molecule is Cc1ccc(C(=O)Nc2onc(C)c2C)cc1C#CCN. The summed E-state index contributed by atoms with van der Waals surface area (Å²) in [5.41, 5.74) is 9.24. The van der Waals surface area contributed by atoms with E-state index in [0.29, 0.717) is 11.4 Å². The Morgan fingerprint density at radius 2 is 2.14 bits per heavy atom. The van der Waals surface area contributed by atoms with Crippen LogP contribution in [-0.4, -0.2) is 17.6 Å². The predicted molar refractivity (Wildman–Crippen MR) is 81.0 cm³/mol. The van der Waals surface area contributed by atoms with Gasteiger partial charge in [0.2, 0.25) is 5.88 Å². The quantitative estimate of drug-likeness (QED) is 0.828. The Morgan fingerprint density at radius 1 is 1.38 bits per heavy atom. The number of amides is 1. The number of rotatable bonds is 2. The van der Waals surface area contributed by atoms with Crippen molar-refractivity contribution >= 4 is 11.8 Å². The summed E-state index contributed by atoms with van der Waals surface area (Å²) in [6.45, 7) is 5.88. The molecule has 1 amide bonds. The molecule has 0 unspecified atom stereocenters. The first-order chi connectivity index (χ1) is 10.0. The fourth-order valence-corrected chi connectivity index (χ4v) is 1.75. The maximum Gasteiger partial charge on any atom is 0.258 e. The van der Waals surface area contributed by atoms with E-state index in [4.69, 9.17) is 10.3 Å². The number of anilines is 1. The van der Waals surface area contributed by atoms with Crippen molar-refractivity contribution in [2.45, 2.75) is 20.8 Å². The average molecular weight is 283 g/mol. The van der Waals surface area contributed by atoms with Gasteiger partial charge in [-0.1, -0.05) is 23.1 Å². The van der Waals surface area contributed by atoms with Crippen LogP contribution in [0.25, 0.3) is 0 Å². The molecule has 0 aliphatic carbocycles. The van der Waals surface area contributed by atoms with Crippen LogP contribution in [0, 0.1) is 32.6 Å². The molecule has 0 saturated carbocycles. The van der Waals surface area contributed by atoms with Gasteiger partial charge in [-0.25, -0.2) is 0 Å². The Kier molecular flexibility index (Phi) is 4.41. The third-order valence-corrected chi connectivity index (χ3v) is 3.21. The van der Waals surface area contributed by atoms with Gasteiger partial charge in [0, 0.05) is 16.7 Å². The van der Waals surface area contributed by atoms with Crippen molar-refractivity contribution in [3.8, 4) is 11.8 Å². The number of hydrogen-bond donors (Lipinski definition) is 2. The highest BCUT2D eigenvalue weighted by molar-refractivity contribution is 6.04. The van der Waals surface area contributed by atoms with Gasteiger partial charge in [0.25, 0.3) is 5.91 Å². The number of carbonyl (C=O) groups is 1. The van der Waals surface area contributed by atoms with Crippen LogP contribution in [-0.2, 0) is 0 Å². The van der Waals surface area contributed by atoms with E-state index in [1.54, 1.807) is 12.1 Å². The monoisotopic (exact) mass is 283 g/mol. The molecule has 0 fully saturated rings. The van der Waals surface area contributed by atoms with Crippen molar-refractivity contribution in [3.05, 3.63) is 46.1 Å². The minimum absolute atomic E-state index is 0.259. The summed E-state index contributed by atoms with van der Waals surface area (Å²) in [7, 11) is 0. The van der Waals surface area contributed by atoms with Crippen LogP contribution in [0.15, 0.2) is 22.7 Å². The van der Waals surface area contributed by atoms with Crippen LogP contribution in [0.2, 0.25) is 0 Å². The van der Waals surface area contributed by atoms with Crippen molar-refractivity contribution in [2.24, 2.45) is 5.73 Å². The molecule has 108 valence electrons. The van der Waals surface area contributed by atoms with Crippen molar-refractivity contribution in [2.75, 3.05) is 11.9 Å². The van der Waals surface area contributed by atoms with Crippen LogP contribution in [0.5, 0.6) is 0 Å². The van der Waals surface area contributed by atoms with Crippen LogP contribution in [0.1, 0.15) is 32.7 Å². The highest BCUT2D eigenvalue weighted by atomic mass is 16.5. The number of aryl methyl sites for hydroxylation is 2. The molecule has 3 N–H and O–H groups in total. The topological polar surface area (TPSA) is 81.2 Å². The summed E-state index contributed by atoms with van der Waals surface area (Å²) in [4.78, 5) is 12.2. The lowest BCUT2D eigenvalue weighted by Gasteiger charge is -2.05. The average Bonchev–Trinajstić information content (AvgIpc) is 2.78. The molecule has 0 atom stereocenters. The summed E-state index contributed by atoms with van der Waals surface area (Å²) in [5, 5.41) is 6.52. The van der Waals surface area contributed by atoms with E-state index in [-0.39, 0.29) is 12.5 Å². The van der Waals surface area contributed by atoms with Gasteiger partial charge in [-0.3, -0.25) is 10.1 Å². The van der Waals surface area contributed by atoms with Crippen LogP contribution < -0.4 is 11.1 Å². The molecule has 1 heterocycles. The summed E-state index contributed by atoms with van der Waals surface area (Å²) < 4.78 is 5.08. The van der Waals surface area contributed by atoms with Gasteiger partial charge < -0.3 is 10.3 Å². The molecule has 0 bridgehead atoms. The minimum Gasteiger partial charge on any atom is -0.338 e. The van der Waals surface area contributed by atoms with Gasteiger partial charge >= 0.3 is 0 Å². The summed E-state index contributed by atoms with van der Waals surface area (Å²) in [5.74, 6) is 5.86. The van der Waals surface area contributed by atoms with Crippen LogP contribution >= 0.6 is 0 Å². The molecule has 0 aliphatic rings. The summed E-state index contributed by atoms with van der Waals surface area (Å²) in [6, 6.07) is 5.34. The first-order valence-corrected chi connectivity index (χ1v) is 6.56. The Labute approximate surface area is 123 Å². The van der Waals surface area contributed by atoms with Gasteiger partial charge in [0.05, 0.1) is 12.2 Å². The minimum atomic E-state index is -0.259. The second-order valence-corrected chi connectivity index (χ2v) is 4.71. The standard InChI is InChI=1S/C16H17N3O2/c1-10-6-7-14(9-13(10)5-4-8-17)15(20)18-16-11(2)12(3)19-21-16/h6-7,9H,8,17H2,1-3H3,(H,18,20). The molecule has 21 heavy (non-hydrogen) atoms. The Hall–Kier alpha value is -2.58. The van der Waals surface area contributed by atoms with E-state index < -0.39 is 0 Å². The lowest BCUT2D eigenvalue weighted by molar-refractivity contribution is 0.102. The van der Waals surface area contributed by atoms with E-state index >= 15 is 0 Å². The van der Waals surface area contributed by atoms with Crippen LogP contribution in [0.4, 0.5) is 5.88 Å². The molecule has 2 aromatic rings. The van der Waals surface area contributed by atoms with Crippen molar-refractivity contribution < 1.29 is 9.32 Å². The number of hydrogen-bond acceptors (Lipinski definition) is 4. The number of carbonyl (C=O) groups excluding carboxylic acids is 1. The van der Waals surface area contributed by atoms with Gasteiger partial charge in [-0.15, -0.1) is 0 Å². The molecule has 0 aliphatic heterocycles.